The molecule has 102 valence electrons. The first-order valence-corrected chi connectivity index (χ1v) is 6.40. The van der Waals surface area contributed by atoms with Gasteiger partial charge in [0.25, 0.3) is 0 Å². The highest BCUT2D eigenvalue weighted by Gasteiger charge is 2.19. The van der Waals surface area contributed by atoms with Crippen molar-refractivity contribution in [3.8, 4) is 5.75 Å². The molecule has 2 rings (SSSR count). The van der Waals surface area contributed by atoms with E-state index >= 15 is 0 Å². The fraction of sp³-hybridized carbons (Fsp3) is 0.429. The van der Waals surface area contributed by atoms with Gasteiger partial charge in [0.1, 0.15) is 0 Å². The minimum absolute atomic E-state index is 0.314. The van der Waals surface area contributed by atoms with Crippen molar-refractivity contribution in [1.29, 1.82) is 0 Å². The van der Waals surface area contributed by atoms with Gasteiger partial charge < -0.3 is 14.2 Å². The number of aliphatic carboxylic acids is 1. The quantitative estimate of drug-likeness (QED) is 0.899. The Morgan fingerprint density at radius 1 is 1.53 bits per heavy atom. The molecule has 19 heavy (non-hydrogen) atoms. The van der Waals surface area contributed by atoms with Gasteiger partial charge in [0.2, 0.25) is 0 Å². The van der Waals surface area contributed by atoms with Crippen molar-refractivity contribution in [3.05, 3.63) is 30.2 Å². The van der Waals surface area contributed by atoms with Gasteiger partial charge in [-0.25, -0.2) is 9.78 Å². The summed E-state index contributed by atoms with van der Waals surface area (Å²) in [5.74, 6) is -0.141. The fourth-order valence-corrected chi connectivity index (χ4v) is 1.84. The molecular formula is C14H18N2O3. The molecule has 2 aromatic rings. The van der Waals surface area contributed by atoms with Crippen LogP contribution in [-0.4, -0.2) is 26.6 Å². The first-order chi connectivity index (χ1) is 9.02. The molecule has 5 heteroatoms. The molecule has 0 spiro atoms. The summed E-state index contributed by atoms with van der Waals surface area (Å²) in [7, 11) is 0. The average molecular weight is 262 g/mol. The predicted octanol–water partition coefficient (Wildman–Crippen LogP) is 2.70. The van der Waals surface area contributed by atoms with Crippen LogP contribution in [0.25, 0.3) is 5.65 Å². The molecule has 0 bridgehead atoms. The smallest absolute Gasteiger partial charge is 0.344 e. The topological polar surface area (TPSA) is 63.8 Å². The largest absolute Gasteiger partial charge is 0.479 e. The third-order valence-corrected chi connectivity index (χ3v) is 2.97. The molecule has 0 aliphatic rings. The van der Waals surface area contributed by atoms with Crippen molar-refractivity contribution in [3.63, 3.8) is 0 Å². The Morgan fingerprint density at radius 3 is 2.84 bits per heavy atom. The van der Waals surface area contributed by atoms with Crippen LogP contribution in [-0.2, 0) is 4.79 Å². The molecule has 5 nitrogen and oxygen atoms in total. The van der Waals surface area contributed by atoms with Crippen molar-refractivity contribution >= 4 is 11.6 Å². The van der Waals surface area contributed by atoms with E-state index in [-0.39, 0.29) is 0 Å². The number of rotatable bonds is 5. The standard InChI is InChI=1S/C14H18N2O3/c1-4-11(14(17)18)19-12-6-5-7-16-8-10(9(2)3)15-13(12)16/h5-9,11H,4H2,1-3H3,(H,17,18). The summed E-state index contributed by atoms with van der Waals surface area (Å²) in [6.45, 7) is 5.91. The summed E-state index contributed by atoms with van der Waals surface area (Å²) in [5, 5.41) is 9.05. The minimum Gasteiger partial charge on any atom is -0.479 e. The van der Waals surface area contributed by atoms with E-state index in [9.17, 15) is 4.79 Å². The van der Waals surface area contributed by atoms with Gasteiger partial charge in [0.15, 0.2) is 17.5 Å². The lowest BCUT2D eigenvalue weighted by Gasteiger charge is -2.13. The van der Waals surface area contributed by atoms with Gasteiger partial charge in [-0.2, -0.15) is 0 Å². The maximum absolute atomic E-state index is 11.0. The van der Waals surface area contributed by atoms with Crippen molar-refractivity contribution in [1.82, 2.24) is 9.38 Å². The van der Waals surface area contributed by atoms with Crippen LogP contribution in [0.1, 0.15) is 38.8 Å². The van der Waals surface area contributed by atoms with Crippen molar-refractivity contribution < 1.29 is 14.6 Å². The molecule has 1 N–H and O–H groups in total. The highest BCUT2D eigenvalue weighted by molar-refractivity contribution is 5.73. The summed E-state index contributed by atoms with van der Waals surface area (Å²) in [6, 6.07) is 3.57. The molecule has 0 radical (unpaired) electrons. The van der Waals surface area contributed by atoms with E-state index in [0.29, 0.717) is 23.7 Å². The Balaban J connectivity index is 2.40. The highest BCUT2D eigenvalue weighted by atomic mass is 16.5. The lowest BCUT2D eigenvalue weighted by atomic mass is 10.2. The normalized spacial score (nSPS) is 12.8. The SMILES string of the molecule is CCC(Oc1cccn2cc(C(C)C)nc12)C(=O)O. The summed E-state index contributed by atoms with van der Waals surface area (Å²) in [5.41, 5.74) is 1.62. The number of nitrogens with zero attached hydrogens (tertiary/aromatic N) is 2. The van der Waals surface area contributed by atoms with Crippen LogP contribution in [0.5, 0.6) is 5.75 Å². The average Bonchev–Trinajstić information content (AvgIpc) is 2.80. The number of hydrogen-bond acceptors (Lipinski definition) is 3. The molecule has 2 aromatic heterocycles. The Labute approximate surface area is 111 Å². The number of aromatic nitrogens is 2. The van der Waals surface area contributed by atoms with E-state index in [1.807, 2.05) is 22.9 Å². The monoisotopic (exact) mass is 262 g/mol. The Kier molecular flexibility index (Phi) is 3.74. The predicted molar refractivity (Wildman–Crippen MR) is 71.6 cm³/mol. The maximum atomic E-state index is 11.0. The van der Waals surface area contributed by atoms with E-state index in [4.69, 9.17) is 9.84 Å². The van der Waals surface area contributed by atoms with Gasteiger partial charge >= 0.3 is 5.97 Å². The van der Waals surface area contributed by atoms with Crippen LogP contribution in [0.4, 0.5) is 0 Å². The minimum atomic E-state index is -0.958. The first-order valence-electron chi connectivity index (χ1n) is 6.40. The zero-order chi connectivity index (χ0) is 14.0. The zero-order valence-corrected chi connectivity index (χ0v) is 11.3. The lowest BCUT2D eigenvalue weighted by Crippen LogP contribution is -2.26. The molecule has 0 aliphatic heterocycles. The first kappa shape index (κ1) is 13.4. The summed E-state index contributed by atoms with van der Waals surface area (Å²) >= 11 is 0. The van der Waals surface area contributed by atoms with E-state index in [0.717, 1.165) is 5.69 Å². The number of carbonyl (C=O) groups is 1. The number of fused-ring (bicyclic) bond motifs is 1. The highest BCUT2D eigenvalue weighted by Crippen LogP contribution is 2.23. The van der Waals surface area contributed by atoms with E-state index in [1.54, 1.807) is 13.0 Å². The van der Waals surface area contributed by atoms with Crippen molar-refractivity contribution in [2.45, 2.75) is 39.2 Å². The molecule has 0 saturated carbocycles. The second kappa shape index (κ2) is 5.30. The Morgan fingerprint density at radius 2 is 2.26 bits per heavy atom. The van der Waals surface area contributed by atoms with Crippen molar-refractivity contribution in [2.75, 3.05) is 0 Å². The number of imidazole rings is 1. The molecule has 0 aliphatic carbocycles. The molecule has 0 amide bonds. The van der Waals surface area contributed by atoms with Gasteiger partial charge in [-0.15, -0.1) is 0 Å². The molecule has 1 unspecified atom stereocenters. The zero-order valence-electron chi connectivity index (χ0n) is 11.3. The third kappa shape index (κ3) is 2.70. The Hall–Kier alpha value is -2.04. The number of pyridine rings is 1. The van der Waals surface area contributed by atoms with E-state index in [1.165, 1.54) is 0 Å². The van der Waals surface area contributed by atoms with Gasteiger partial charge in [-0.1, -0.05) is 20.8 Å². The van der Waals surface area contributed by atoms with Crippen LogP contribution in [0, 0.1) is 0 Å². The lowest BCUT2D eigenvalue weighted by molar-refractivity contribution is -0.145. The van der Waals surface area contributed by atoms with E-state index in [2.05, 4.69) is 18.8 Å². The van der Waals surface area contributed by atoms with Gasteiger partial charge in [-0.3, -0.25) is 0 Å². The molecular weight excluding hydrogens is 244 g/mol. The molecule has 0 saturated heterocycles. The second-order valence-corrected chi connectivity index (χ2v) is 4.78. The van der Waals surface area contributed by atoms with Crippen molar-refractivity contribution in [2.24, 2.45) is 0 Å². The van der Waals surface area contributed by atoms with Crippen LogP contribution >= 0.6 is 0 Å². The number of carboxylic acid groups (broad SMARTS) is 1. The molecule has 0 fully saturated rings. The Bertz CT molecular complexity index is 589. The summed E-state index contributed by atoms with van der Waals surface area (Å²) in [6.07, 6.45) is 3.39. The molecule has 0 aromatic carbocycles. The van der Waals surface area contributed by atoms with Gasteiger partial charge in [-0.05, 0) is 24.5 Å². The molecule has 2 heterocycles. The van der Waals surface area contributed by atoms with Crippen LogP contribution in [0.3, 0.4) is 0 Å². The fourth-order valence-electron chi connectivity index (χ4n) is 1.84. The van der Waals surface area contributed by atoms with Gasteiger partial charge in [0.05, 0.1) is 5.69 Å². The summed E-state index contributed by atoms with van der Waals surface area (Å²) < 4.78 is 7.41. The number of carboxylic acids is 1. The van der Waals surface area contributed by atoms with Crippen LogP contribution in [0.2, 0.25) is 0 Å². The number of hydrogen-bond donors (Lipinski definition) is 1. The molecule has 1 atom stereocenters. The van der Waals surface area contributed by atoms with Crippen LogP contribution in [0.15, 0.2) is 24.5 Å². The third-order valence-electron chi connectivity index (χ3n) is 2.97. The maximum Gasteiger partial charge on any atom is 0.344 e. The second-order valence-electron chi connectivity index (χ2n) is 4.78. The van der Waals surface area contributed by atoms with Crippen LogP contribution < -0.4 is 4.74 Å². The van der Waals surface area contributed by atoms with E-state index < -0.39 is 12.1 Å². The number of ether oxygens (including phenoxy) is 1. The van der Waals surface area contributed by atoms with Gasteiger partial charge in [0, 0.05) is 12.4 Å². The summed E-state index contributed by atoms with van der Waals surface area (Å²) in [4.78, 5) is 15.5.